The molecule has 0 spiro atoms. The minimum absolute atomic E-state index is 0.292. The molecule has 114 valence electrons. The van der Waals surface area contributed by atoms with Gasteiger partial charge in [-0.15, -0.1) is 0 Å². The van der Waals surface area contributed by atoms with E-state index in [9.17, 15) is 4.79 Å². The quantitative estimate of drug-likeness (QED) is 0.417. The third-order valence-corrected chi connectivity index (χ3v) is 1.23. The molecular weight excluding hydrogens is 320 g/mol. The van der Waals surface area contributed by atoms with Crippen molar-refractivity contribution in [2.75, 3.05) is 0 Å². The molecule has 0 atom stereocenters. The molecule has 0 aromatic carbocycles. The fraction of sp³-hybridized carbons (Fsp3) is 0.167. The van der Waals surface area contributed by atoms with Crippen molar-refractivity contribution in [3.8, 4) is 0 Å². The fourth-order valence-corrected chi connectivity index (χ4v) is 0.441. The van der Waals surface area contributed by atoms with Gasteiger partial charge in [-0.3, -0.25) is 0 Å². The zero-order chi connectivity index (χ0) is 17.8. The molecule has 0 rings (SSSR count). The average molecular weight is 334 g/mol. The van der Waals surface area contributed by atoms with Gasteiger partial charge in [0.1, 0.15) is 0 Å². The summed E-state index contributed by atoms with van der Waals surface area (Å²) in [4.78, 5) is 37.0. The summed E-state index contributed by atoms with van der Waals surface area (Å²) in [6.07, 6.45) is 2.46. The molecular formula is C12H14O8Ti. The maximum atomic E-state index is 9.60. The molecule has 1 N–H and O–H groups in total. The first kappa shape index (κ1) is 27.2. The van der Waals surface area contributed by atoms with E-state index in [1.807, 2.05) is 20.4 Å². The molecule has 0 aromatic rings. The summed E-state index contributed by atoms with van der Waals surface area (Å²) >= 11 is 1.84. The molecule has 0 amide bonds. The van der Waals surface area contributed by atoms with Crippen molar-refractivity contribution in [1.29, 1.82) is 0 Å². The molecule has 9 heteroatoms. The number of hydrogen-bond donors (Lipinski definition) is 1. The van der Waals surface area contributed by atoms with Crippen LogP contribution in [0.5, 0.6) is 0 Å². The third-order valence-electron chi connectivity index (χ3n) is 0.839. The number of hydrogen-bond acceptors (Lipinski definition) is 7. The van der Waals surface area contributed by atoms with Gasteiger partial charge < -0.3 is 29.7 Å². The zero-order valence-corrected chi connectivity index (χ0v) is 12.6. The summed E-state index contributed by atoms with van der Waals surface area (Å²) in [7, 11) is 0. The molecule has 0 saturated carbocycles. The second-order valence-electron chi connectivity index (χ2n) is 2.46. The normalized spacial score (nSPS) is 6.95. The van der Waals surface area contributed by atoms with E-state index in [2.05, 4.69) is 19.7 Å². The topological polar surface area (TPSA) is 158 Å². The summed E-state index contributed by atoms with van der Waals surface area (Å²) in [5, 5.41) is 35.3. The number of aliphatic carboxylic acids is 4. The van der Waals surface area contributed by atoms with E-state index >= 15 is 0 Å². The predicted octanol–water partition coefficient (Wildman–Crippen LogP) is -2.81. The first-order chi connectivity index (χ1) is 9.58. The predicted molar refractivity (Wildman–Crippen MR) is 62.7 cm³/mol. The first-order valence-electron chi connectivity index (χ1n) is 4.95. The van der Waals surface area contributed by atoms with Gasteiger partial charge in [0, 0.05) is 0 Å². The van der Waals surface area contributed by atoms with E-state index in [-0.39, 0.29) is 0 Å². The van der Waals surface area contributed by atoms with Gasteiger partial charge in [0.25, 0.3) is 0 Å². The van der Waals surface area contributed by atoms with E-state index in [0.717, 1.165) is 23.0 Å². The summed E-state index contributed by atoms with van der Waals surface area (Å²) in [5.41, 5.74) is 0. The summed E-state index contributed by atoms with van der Waals surface area (Å²) in [6.45, 7) is 8.69. The van der Waals surface area contributed by atoms with Gasteiger partial charge in [-0.05, 0) is 18.2 Å². The first-order valence-corrected chi connectivity index (χ1v) is 6.05. The van der Waals surface area contributed by atoms with E-state index in [1.165, 1.54) is 0 Å². The minimum atomic E-state index is -1.23. The molecule has 0 fully saturated rings. The molecule has 21 heavy (non-hydrogen) atoms. The molecule has 0 aliphatic carbocycles. The van der Waals surface area contributed by atoms with E-state index in [0.29, 0.717) is 6.42 Å². The van der Waals surface area contributed by atoms with Crippen molar-refractivity contribution in [2.45, 2.75) is 11.1 Å². The van der Waals surface area contributed by atoms with Gasteiger partial charge in [0.2, 0.25) is 0 Å². The second-order valence-corrected chi connectivity index (χ2v) is 3.24. The molecule has 0 aliphatic rings. The van der Waals surface area contributed by atoms with Crippen molar-refractivity contribution in [1.82, 2.24) is 0 Å². The number of carbonyl (C=O) groups is 4. The molecule has 0 heterocycles. The Bertz CT molecular complexity index is 319. The van der Waals surface area contributed by atoms with Crippen LogP contribution in [0.3, 0.4) is 0 Å². The van der Waals surface area contributed by atoms with Crippen LogP contribution in [0.4, 0.5) is 0 Å². The summed E-state index contributed by atoms with van der Waals surface area (Å²) in [6, 6.07) is 0. The fourth-order valence-electron chi connectivity index (χ4n) is 0.107. The monoisotopic (exact) mass is 334 g/mol. The van der Waals surface area contributed by atoms with E-state index < -0.39 is 23.9 Å². The number of carbonyl (C=O) groups excluding carboxylic acids is 3. The summed E-state index contributed by atoms with van der Waals surface area (Å²) < 4.78 is 0.731. The molecule has 0 unspecified atom stereocenters. The Kier molecular flexibility index (Phi) is 29.7. The number of rotatable bonds is 5. The van der Waals surface area contributed by atoms with Crippen molar-refractivity contribution in [3.05, 3.63) is 38.0 Å². The van der Waals surface area contributed by atoms with Crippen molar-refractivity contribution >= 4 is 23.9 Å². The Morgan fingerprint density at radius 3 is 1.05 bits per heavy atom. The Morgan fingerprint density at radius 2 is 1.05 bits per heavy atom. The van der Waals surface area contributed by atoms with E-state index in [4.69, 9.17) is 34.8 Å². The van der Waals surface area contributed by atoms with Crippen molar-refractivity contribution in [2.24, 2.45) is 0 Å². The van der Waals surface area contributed by atoms with Gasteiger partial charge in [0.15, 0.2) is 0 Å². The van der Waals surface area contributed by atoms with Crippen molar-refractivity contribution < 1.29 is 60.0 Å². The molecule has 0 radical (unpaired) electrons. The Hall–Kier alpha value is -2.19. The molecule has 0 bridgehead atoms. The van der Waals surface area contributed by atoms with Crippen LogP contribution in [-0.4, -0.2) is 29.0 Å². The van der Waals surface area contributed by atoms with Crippen LogP contribution in [0.25, 0.3) is 0 Å². The van der Waals surface area contributed by atoms with Crippen LogP contribution in [0.2, 0.25) is 4.73 Å². The van der Waals surface area contributed by atoms with Crippen LogP contribution in [0.15, 0.2) is 38.0 Å². The molecule has 0 aliphatic heterocycles. The second kappa shape index (κ2) is 22.9. The molecule has 0 aromatic heterocycles. The zero-order valence-electron chi connectivity index (χ0n) is 11.1. The van der Waals surface area contributed by atoms with Crippen LogP contribution < -0.4 is 15.3 Å². The van der Waals surface area contributed by atoms with Gasteiger partial charge in [0.05, 0.1) is 17.9 Å². The van der Waals surface area contributed by atoms with Crippen LogP contribution in [0.1, 0.15) is 6.42 Å². The van der Waals surface area contributed by atoms with Gasteiger partial charge in [-0.1, -0.05) is 19.7 Å². The Labute approximate surface area is 133 Å². The van der Waals surface area contributed by atoms with Gasteiger partial charge in [-0.2, -0.15) is 0 Å². The summed E-state index contributed by atoms with van der Waals surface area (Å²) in [5.74, 6) is -4.41. The molecule has 0 saturated heterocycles. The van der Waals surface area contributed by atoms with Crippen LogP contribution in [-0.2, 0) is 39.6 Å². The van der Waals surface area contributed by atoms with E-state index in [1.54, 1.807) is 0 Å². The number of carboxylic acid groups (broad SMARTS) is 4. The molecule has 8 nitrogen and oxygen atoms in total. The standard InChI is InChI=1S/C3H5O2.3C3H4O2.Ti/c4*1-2-3(4)5;/h1-2H2,(H,4,5);3*2H,1H2,(H,4,5);/q;;;;+3/p-3. The average Bonchev–Trinajstić information content (AvgIpc) is 2.40. The van der Waals surface area contributed by atoms with Gasteiger partial charge >= 0.3 is 47.5 Å². The Balaban J connectivity index is -0.0000000921. The number of carboxylic acids is 4. The van der Waals surface area contributed by atoms with Gasteiger partial charge in [-0.25, -0.2) is 0 Å². The Morgan fingerprint density at radius 1 is 0.857 bits per heavy atom. The third kappa shape index (κ3) is 95.9. The van der Waals surface area contributed by atoms with Crippen LogP contribution >= 0.6 is 0 Å². The van der Waals surface area contributed by atoms with Crippen molar-refractivity contribution in [3.63, 3.8) is 0 Å². The maximum absolute atomic E-state index is 9.60. The van der Waals surface area contributed by atoms with Crippen LogP contribution in [0, 0.1) is 0 Å². The SMILES string of the molecule is C=CC(=O)[O-].C=CC(=O)[O-].C=CC(=O)[O-].O=C(O)C[CH2][Ti+3].